The van der Waals surface area contributed by atoms with Gasteiger partial charge in [0, 0.05) is 29.8 Å². The monoisotopic (exact) mass is 331 g/mol. The number of fused-ring (bicyclic) bond motifs is 1. The molecule has 3 rings (SSSR count). The minimum atomic E-state index is -0.649. The molecule has 1 aromatic heterocycles. The first-order valence-electron chi connectivity index (χ1n) is 6.56. The van der Waals surface area contributed by atoms with Crippen LogP contribution in [0.25, 0.3) is 11.1 Å². The molecule has 23 heavy (non-hydrogen) atoms. The lowest BCUT2D eigenvalue weighted by Gasteiger charge is -2.06. The van der Waals surface area contributed by atoms with Crippen LogP contribution in [0.5, 0.6) is 0 Å². The zero-order valence-corrected chi connectivity index (χ0v) is 12.6. The molecule has 1 heterocycles. The number of nitrogens with zero attached hydrogens (tertiary/aromatic N) is 2. The van der Waals surface area contributed by atoms with Gasteiger partial charge >= 0.3 is 0 Å². The Labute approximate surface area is 135 Å². The summed E-state index contributed by atoms with van der Waals surface area (Å²) in [5.41, 5.74) is 1.20. The Bertz CT molecular complexity index is 936. The minimum absolute atomic E-state index is 0.0757. The second kappa shape index (κ2) is 5.69. The fourth-order valence-corrected chi connectivity index (χ4v) is 2.33. The quantitative estimate of drug-likeness (QED) is 0.578. The van der Waals surface area contributed by atoms with Crippen LogP contribution in [0.2, 0.25) is 5.02 Å². The molecule has 0 aliphatic heterocycles. The van der Waals surface area contributed by atoms with Gasteiger partial charge in [-0.05, 0) is 24.3 Å². The third-order valence-electron chi connectivity index (χ3n) is 3.15. The minimum Gasteiger partial charge on any atom is -0.441 e. The smallest absolute Gasteiger partial charge is 0.283 e. The number of aromatic nitrogens is 1. The first-order chi connectivity index (χ1) is 10.9. The third-order valence-corrected chi connectivity index (χ3v) is 3.39. The summed E-state index contributed by atoms with van der Waals surface area (Å²) in [5, 5.41) is 13.8. The van der Waals surface area contributed by atoms with E-state index in [9.17, 15) is 14.9 Å². The van der Waals surface area contributed by atoms with Crippen LogP contribution < -0.4 is 5.32 Å². The maximum absolute atomic E-state index is 12.3. The SMILES string of the molecule is Cc1nc2ccc(NC(=O)c3ccc(Cl)cc3[N+](=O)[O-])cc2o1. The highest BCUT2D eigenvalue weighted by Crippen LogP contribution is 2.25. The van der Waals surface area contributed by atoms with Gasteiger partial charge < -0.3 is 9.73 Å². The van der Waals surface area contributed by atoms with Gasteiger partial charge in [0.2, 0.25) is 0 Å². The highest BCUT2D eigenvalue weighted by atomic mass is 35.5. The Morgan fingerprint density at radius 2 is 2.09 bits per heavy atom. The first-order valence-corrected chi connectivity index (χ1v) is 6.94. The van der Waals surface area contributed by atoms with E-state index < -0.39 is 10.8 Å². The molecule has 2 aromatic carbocycles. The first kappa shape index (κ1) is 15.0. The molecule has 1 amide bonds. The van der Waals surface area contributed by atoms with Crippen molar-refractivity contribution in [2.24, 2.45) is 0 Å². The zero-order chi connectivity index (χ0) is 16.6. The van der Waals surface area contributed by atoms with E-state index in [1.54, 1.807) is 25.1 Å². The average molecular weight is 332 g/mol. The van der Waals surface area contributed by atoms with Crippen molar-refractivity contribution in [3.63, 3.8) is 0 Å². The van der Waals surface area contributed by atoms with Crippen LogP contribution in [-0.4, -0.2) is 15.8 Å². The van der Waals surface area contributed by atoms with Crippen molar-refractivity contribution in [3.8, 4) is 0 Å². The number of benzene rings is 2. The van der Waals surface area contributed by atoms with Crippen LogP contribution in [-0.2, 0) is 0 Å². The highest BCUT2D eigenvalue weighted by molar-refractivity contribution is 6.31. The van der Waals surface area contributed by atoms with E-state index in [0.717, 1.165) is 6.07 Å². The van der Waals surface area contributed by atoms with E-state index in [4.69, 9.17) is 16.0 Å². The molecular formula is C15H10ClN3O4. The fraction of sp³-hybridized carbons (Fsp3) is 0.0667. The topological polar surface area (TPSA) is 98.3 Å². The van der Waals surface area contributed by atoms with Crippen molar-refractivity contribution >= 4 is 40.0 Å². The average Bonchev–Trinajstić information content (AvgIpc) is 2.86. The molecule has 0 fully saturated rings. The predicted molar refractivity (Wildman–Crippen MR) is 84.8 cm³/mol. The summed E-state index contributed by atoms with van der Waals surface area (Å²) in [6.45, 7) is 1.72. The Balaban J connectivity index is 1.92. The molecule has 0 saturated carbocycles. The van der Waals surface area contributed by atoms with Crippen LogP contribution in [0.15, 0.2) is 40.8 Å². The fourth-order valence-electron chi connectivity index (χ4n) is 2.16. The van der Waals surface area contributed by atoms with Crippen molar-refractivity contribution in [3.05, 3.63) is 63.0 Å². The van der Waals surface area contributed by atoms with Crippen LogP contribution in [0.1, 0.15) is 16.2 Å². The number of carbonyl (C=O) groups excluding carboxylic acids is 1. The maximum Gasteiger partial charge on any atom is 0.283 e. The van der Waals surface area contributed by atoms with E-state index in [1.165, 1.54) is 12.1 Å². The van der Waals surface area contributed by atoms with E-state index >= 15 is 0 Å². The number of nitro benzene ring substituents is 1. The molecular weight excluding hydrogens is 322 g/mol. The van der Waals surface area contributed by atoms with Crippen molar-refractivity contribution in [1.29, 1.82) is 0 Å². The zero-order valence-electron chi connectivity index (χ0n) is 11.9. The van der Waals surface area contributed by atoms with Gasteiger partial charge in [-0.3, -0.25) is 14.9 Å². The molecule has 0 radical (unpaired) electrons. The number of nitro groups is 1. The summed E-state index contributed by atoms with van der Waals surface area (Å²) in [6.07, 6.45) is 0. The van der Waals surface area contributed by atoms with Crippen molar-refractivity contribution in [1.82, 2.24) is 4.98 Å². The molecule has 0 atom stereocenters. The second-order valence-electron chi connectivity index (χ2n) is 4.79. The van der Waals surface area contributed by atoms with Gasteiger partial charge in [0.25, 0.3) is 11.6 Å². The molecule has 1 N–H and O–H groups in total. The molecule has 0 unspecified atom stereocenters. The summed E-state index contributed by atoms with van der Waals surface area (Å²) < 4.78 is 5.39. The van der Waals surface area contributed by atoms with Gasteiger partial charge in [-0.2, -0.15) is 0 Å². The molecule has 7 nitrogen and oxygen atoms in total. The highest BCUT2D eigenvalue weighted by Gasteiger charge is 2.20. The number of carbonyl (C=O) groups is 1. The van der Waals surface area contributed by atoms with Gasteiger partial charge in [-0.15, -0.1) is 0 Å². The summed E-state index contributed by atoms with van der Waals surface area (Å²) in [5.74, 6) is -0.0965. The molecule has 0 aliphatic rings. The van der Waals surface area contributed by atoms with Crippen LogP contribution >= 0.6 is 11.6 Å². The Morgan fingerprint density at radius 1 is 1.30 bits per heavy atom. The molecule has 116 valence electrons. The van der Waals surface area contributed by atoms with Gasteiger partial charge in [0.1, 0.15) is 11.1 Å². The van der Waals surface area contributed by atoms with Crippen molar-refractivity contribution in [2.45, 2.75) is 6.92 Å². The number of rotatable bonds is 3. The van der Waals surface area contributed by atoms with Gasteiger partial charge in [-0.25, -0.2) is 4.98 Å². The molecule has 3 aromatic rings. The van der Waals surface area contributed by atoms with Crippen LogP contribution in [0, 0.1) is 17.0 Å². The van der Waals surface area contributed by atoms with Gasteiger partial charge in [0.05, 0.1) is 4.92 Å². The molecule has 8 heteroatoms. The number of halogens is 1. The second-order valence-corrected chi connectivity index (χ2v) is 5.22. The predicted octanol–water partition coefficient (Wildman–Crippen LogP) is 3.95. The van der Waals surface area contributed by atoms with E-state index in [2.05, 4.69) is 10.3 Å². The van der Waals surface area contributed by atoms with Gasteiger partial charge in [0.15, 0.2) is 11.5 Å². The van der Waals surface area contributed by atoms with E-state index in [-0.39, 0.29) is 16.3 Å². The standard InChI is InChI=1S/C15H10ClN3O4/c1-8-17-12-5-3-10(7-14(12)23-8)18-15(20)11-4-2-9(16)6-13(11)19(21)22/h2-7H,1H3,(H,18,20). The third kappa shape index (κ3) is 3.00. The Morgan fingerprint density at radius 3 is 2.83 bits per heavy atom. The van der Waals surface area contributed by atoms with Crippen LogP contribution in [0.4, 0.5) is 11.4 Å². The summed E-state index contributed by atoms with van der Waals surface area (Å²) in [4.78, 5) is 26.8. The number of hydrogen-bond acceptors (Lipinski definition) is 5. The Hall–Kier alpha value is -2.93. The number of amides is 1. The largest absolute Gasteiger partial charge is 0.441 e. The molecule has 0 saturated heterocycles. The number of hydrogen-bond donors (Lipinski definition) is 1. The lowest BCUT2D eigenvalue weighted by Crippen LogP contribution is -2.13. The van der Waals surface area contributed by atoms with Crippen molar-refractivity contribution < 1.29 is 14.1 Å². The number of oxazole rings is 1. The lowest BCUT2D eigenvalue weighted by molar-refractivity contribution is -0.385. The number of nitrogens with one attached hydrogen (secondary N) is 1. The molecule has 0 spiro atoms. The summed E-state index contributed by atoms with van der Waals surface area (Å²) in [7, 11) is 0. The van der Waals surface area contributed by atoms with Crippen molar-refractivity contribution in [2.75, 3.05) is 5.32 Å². The molecule has 0 bridgehead atoms. The Kier molecular flexibility index (Phi) is 3.71. The summed E-state index contributed by atoms with van der Waals surface area (Å²) in [6, 6.07) is 8.82. The maximum atomic E-state index is 12.3. The normalized spacial score (nSPS) is 10.7. The van der Waals surface area contributed by atoms with E-state index in [0.29, 0.717) is 22.7 Å². The molecule has 0 aliphatic carbocycles. The van der Waals surface area contributed by atoms with Gasteiger partial charge in [-0.1, -0.05) is 11.6 Å². The van der Waals surface area contributed by atoms with Crippen LogP contribution in [0.3, 0.4) is 0 Å². The van der Waals surface area contributed by atoms with E-state index in [1.807, 2.05) is 0 Å². The number of anilines is 1. The summed E-state index contributed by atoms with van der Waals surface area (Å²) >= 11 is 5.74. The lowest BCUT2D eigenvalue weighted by atomic mass is 10.1. The number of aryl methyl sites for hydroxylation is 1.